The average molecular weight is 239 g/mol. The van der Waals surface area contributed by atoms with Crippen molar-refractivity contribution in [2.75, 3.05) is 7.05 Å². The first kappa shape index (κ1) is 13.5. The van der Waals surface area contributed by atoms with Crippen molar-refractivity contribution in [2.45, 2.75) is 44.7 Å². The van der Waals surface area contributed by atoms with Crippen LogP contribution in [0.15, 0.2) is 6.07 Å². The molecule has 4 heteroatoms. The first-order chi connectivity index (χ1) is 7.65. The van der Waals surface area contributed by atoms with Gasteiger partial charge in [0, 0.05) is 17.5 Å². The molecule has 0 aliphatic rings. The number of nitrogens with zero attached hydrogens (tertiary/aromatic N) is 2. The summed E-state index contributed by atoms with van der Waals surface area (Å²) in [5.74, 6) is 1.86. The molecule has 90 valence electrons. The van der Waals surface area contributed by atoms with Gasteiger partial charge in [-0.2, -0.15) is 11.8 Å². The largest absolute Gasteiger partial charge is 0.314 e. The van der Waals surface area contributed by atoms with E-state index in [0.29, 0.717) is 5.25 Å². The van der Waals surface area contributed by atoms with Gasteiger partial charge in [0.05, 0.1) is 11.4 Å². The lowest BCUT2D eigenvalue weighted by Gasteiger charge is -2.09. The van der Waals surface area contributed by atoms with Crippen molar-refractivity contribution in [3.05, 3.63) is 23.3 Å². The maximum Gasteiger partial charge on any atom is 0.138 e. The lowest BCUT2D eigenvalue weighted by Crippen LogP contribution is -2.10. The van der Waals surface area contributed by atoms with Gasteiger partial charge in [0.15, 0.2) is 0 Å². The van der Waals surface area contributed by atoms with E-state index in [0.717, 1.165) is 29.5 Å². The highest BCUT2D eigenvalue weighted by atomic mass is 32.2. The Morgan fingerprint density at radius 1 is 1.44 bits per heavy atom. The fourth-order valence-corrected chi connectivity index (χ4v) is 2.17. The molecule has 0 bridgehead atoms. The molecule has 1 N–H and O–H groups in total. The van der Waals surface area contributed by atoms with Crippen LogP contribution >= 0.6 is 11.8 Å². The number of aryl methyl sites for hydroxylation is 1. The van der Waals surface area contributed by atoms with Gasteiger partial charge in [-0.3, -0.25) is 0 Å². The minimum absolute atomic E-state index is 0.678. The second-order valence-corrected chi connectivity index (χ2v) is 5.40. The summed E-state index contributed by atoms with van der Waals surface area (Å²) in [6.45, 7) is 7.29. The summed E-state index contributed by atoms with van der Waals surface area (Å²) >= 11 is 1.92. The number of hydrogen-bond acceptors (Lipinski definition) is 4. The second-order valence-electron chi connectivity index (χ2n) is 3.98. The van der Waals surface area contributed by atoms with Crippen LogP contribution in [0.2, 0.25) is 0 Å². The fourth-order valence-electron chi connectivity index (χ4n) is 1.37. The van der Waals surface area contributed by atoms with E-state index < -0.39 is 0 Å². The first-order valence-corrected chi connectivity index (χ1v) is 6.80. The molecule has 1 aromatic rings. The van der Waals surface area contributed by atoms with Gasteiger partial charge in [0.2, 0.25) is 0 Å². The molecule has 0 saturated heterocycles. The molecule has 0 fully saturated rings. The van der Waals surface area contributed by atoms with E-state index in [4.69, 9.17) is 0 Å². The van der Waals surface area contributed by atoms with Crippen molar-refractivity contribution < 1.29 is 0 Å². The first-order valence-electron chi connectivity index (χ1n) is 5.75. The normalized spacial score (nSPS) is 12.8. The summed E-state index contributed by atoms with van der Waals surface area (Å²) in [6.07, 6.45) is 1.19. The lowest BCUT2D eigenvalue weighted by molar-refractivity contribution is 0.772. The van der Waals surface area contributed by atoms with Crippen LogP contribution in [0.1, 0.15) is 37.5 Å². The van der Waals surface area contributed by atoms with E-state index in [-0.39, 0.29) is 0 Å². The van der Waals surface area contributed by atoms with Crippen LogP contribution in [0, 0.1) is 6.92 Å². The molecule has 0 saturated carbocycles. The molecule has 1 unspecified atom stereocenters. The molecule has 0 aromatic carbocycles. The molecule has 1 heterocycles. The maximum absolute atomic E-state index is 4.54. The van der Waals surface area contributed by atoms with E-state index in [1.807, 2.05) is 31.8 Å². The Morgan fingerprint density at radius 2 is 2.19 bits per heavy atom. The summed E-state index contributed by atoms with van der Waals surface area (Å²) in [6, 6.07) is 2.04. The molecular formula is C12H21N3S. The van der Waals surface area contributed by atoms with E-state index in [1.54, 1.807) is 0 Å². The Labute approximate surface area is 102 Å². The molecule has 3 nitrogen and oxygen atoms in total. The molecule has 0 amide bonds. The quantitative estimate of drug-likeness (QED) is 0.828. The van der Waals surface area contributed by atoms with Crippen LogP contribution in [-0.4, -0.2) is 22.3 Å². The van der Waals surface area contributed by atoms with Crippen molar-refractivity contribution in [1.82, 2.24) is 15.3 Å². The third kappa shape index (κ3) is 4.49. The maximum atomic E-state index is 4.54. The predicted octanol–water partition coefficient (Wildman–Crippen LogP) is 2.54. The molecule has 1 rings (SSSR count). The zero-order chi connectivity index (χ0) is 12.0. The molecule has 0 radical (unpaired) electrons. The monoisotopic (exact) mass is 239 g/mol. The van der Waals surface area contributed by atoms with E-state index in [9.17, 15) is 0 Å². The molecule has 0 aliphatic heterocycles. The van der Waals surface area contributed by atoms with Crippen LogP contribution in [0.3, 0.4) is 0 Å². The molecule has 1 atom stereocenters. The Balaban J connectivity index is 2.64. The van der Waals surface area contributed by atoms with Crippen LogP contribution in [0.5, 0.6) is 0 Å². The van der Waals surface area contributed by atoms with Crippen molar-refractivity contribution in [1.29, 1.82) is 0 Å². The van der Waals surface area contributed by atoms with Crippen LogP contribution in [0.25, 0.3) is 0 Å². The van der Waals surface area contributed by atoms with E-state index in [2.05, 4.69) is 29.1 Å². The minimum atomic E-state index is 0.678. The summed E-state index contributed by atoms with van der Waals surface area (Å²) in [7, 11) is 1.94. The number of nitrogens with one attached hydrogen (secondary N) is 1. The minimum Gasteiger partial charge on any atom is -0.314 e. The Bertz CT molecular complexity index is 328. The topological polar surface area (TPSA) is 37.8 Å². The summed E-state index contributed by atoms with van der Waals surface area (Å²) in [5, 5.41) is 3.80. The van der Waals surface area contributed by atoms with Crippen LogP contribution in [0.4, 0.5) is 0 Å². The molecular weight excluding hydrogens is 218 g/mol. The number of thioether (sulfide) groups is 1. The number of hydrogen-bond donors (Lipinski definition) is 1. The van der Waals surface area contributed by atoms with Gasteiger partial charge in [0.25, 0.3) is 0 Å². The van der Waals surface area contributed by atoms with E-state index >= 15 is 0 Å². The molecule has 1 aromatic heterocycles. The average Bonchev–Trinajstić information content (AvgIpc) is 2.25. The van der Waals surface area contributed by atoms with E-state index in [1.165, 1.54) is 6.42 Å². The fraction of sp³-hybridized carbons (Fsp3) is 0.667. The number of rotatable bonds is 6. The second kappa shape index (κ2) is 6.86. The van der Waals surface area contributed by atoms with Gasteiger partial charge in [-0.15, -0.1) is 0 Å². The van der Waals surface area contributed by atoms with Crippen molar-refractivity contribution in [3.63, 3.8) is 0 Å². The van der Waals surface area contributed by atoms with Gasteiger partial charge < -0.3 is 5.32 Å². The Hall–Kier alpha value is -0.610. The molecule has 0 spiro atoms. The predicted molar refractivity (Wildman–Crippen MR) is 70.6 cm³/mol. The van der Waals surface area contributed by atoms with Crippen molar-refractivity contribution in [2.24, 2.45) is 0 Å². The SMILES string of the molecule is CCC(C)SCc1nc(C)cc(CNC)n1. The molecule has 0 aliphatic carbocycles. The van der Waals surface area contributed by atoms with Gasteiger partial charge >= 0.3 is 0 Å². The van der Waals surface area contributed by atoms with Crippen LogP contribution in [-0.2, 0) is 12.3 Å². The Morgan fingerprint density at radius 3 is 2.81 bits per heavy atom. The van der Waals surface area contributed by atoms with Gasteiger partial charge in [-0.05, 0) is 26.5 Å². The molecule has 16 heavy (non-hydrogen) atoms. The summed E-state index contributed by atoms with van der Waals surface area (Å²) in [5.41, 5.74) is 2.13. The van der Waals surface area contributed by atoms with Gasteiger partial charge in [-0.25, -0.2) is 9.97 Å². The highest BCUT2D eigenvalue weighted by Gasteiger charge is 2.05. The van der Waals surface area contributed by atoms with Gasteiger partial charge in [-0.1, -0.05) is 13.8 Å². The summed E-state index contributed by atoms with van der Waals surface area (Å²) < 4.78 is 0. The Kier molecular flexibility index (Phi) is 5.77. The number of aromatic nitrogens is 2. The highest BCUT2D eigenvalue weighted by Crippen LogP contribution is 2.18. The standard InChI is InChI=1S/C12H21N3S/c1-5-10(3)16-8-12-14-9(2)6-11(15-12)7-13-4/h6,10,13H,5,7-8H2,1-4H3. The zero-order valence-electron chi connectivity index (χ0n) is 10.6. The smallest absolute Gasteiger partial charge is 0.138 e. The zero-order valence-corrected chi connectivity index (χ0v) is 11.4. The van der Waals surface area contributed by atoms with Gasteiger partial charge in [0.1, 0.15) is 5.82 Å². The van der Waals surface area contributed by atoms with Crippen molar-refractivity contribution in [3.8, 4) is 0 Å². The third-order valence-corrected chi connectivity index (χ3v) is 3.71. The summed E-state index contributed by atoms with van der Waals surface area (Å²) in [4.78, 5) is 9.00. The third-order valence-electron chi connectivity index (χ3n) is 2.38. The van der Waals surface area contributed by atoms with Crippen molar-refractivity contribution >= 4 is 11.8 Å². The highest BCUT2D eigenvalue weighted by molar-refractivity contribution is 7.99. The lowest BCUT2D eigenvalue weighted by atomic mass is 10.3. The van der Waals surface area contributed by atoms with Crippen LogP contribution < -0.4 is 5.32 Å².